The maximum atomic E-state index is 13.3. The van der Waals surface area contributed by atoms with E-state index in [-0.39, 0.29) is 11.9 Å². The largest absolute Gasteiger partial charge is 0.488 e. The summed E-state index contributed by atoms with van der Waals surface area (Å²) in [4.78, 5) is 4.60. The zero-order valence-electron chi connectivity index (χ0n) is 17.1. The smallest absolute Gasteiger partial charge is 0.191 e. The molecule has 1 saturated heterocycles. The van der Waals surface area contributed by atoms with Gasteiger partial charge in [0.1, 0.15) is 17.7 Å². The lowest BCUT2D eigenvalue weighted by atomic mass is 10.1. The number of nitrogens with zero attached hydrogens (tertiary/aromatic N) is 1. The highest BCUT2D eigenvalue weighted by molar-refractivity contribution is 5.79. The van der Waals surface area contributed by atoms with Gasteiger partial charge in [-0.15, -0.1) is 0 Å². The molecule has 0 radical (unpaired) electrons. The summed E-state index contributed by atoms with van der Waals surface area (Å²) in [6, 6.07) is 6.21. The van der Waals surface area contributed by atoms with Crippen molar-refractivity contribution in [1.82, 2.24) is 10.6 Å². The topological polar surface area (TPSA) is 64.1 Å². The van der Waals surface area contributed by atoms with E-state index in [2.05, 4.69) is 15.6 Å². The normalized spacial score (nSPS) is 18.1. The summed E-state index contributed by atoms with van der Waals surface area (Å²) in [5.74, 6) is 1.54. The van der Waals surface area contributed by atoms with Crippen molar-refractivity contribution in [3.05, 3.63) is 30.1 Å². The van der Waals surface area contributed by atoms with Crippen molar-refractivity contribution in [3.8, 4) is 5.75 Å². The zero-order chi connectivity index (χ0) is 20.0. The molecule has 2 rings (SSSR count). The van der Waals surface area contributed by atoms with Crippen LogP contribution in [0.5, 0.6) is 5.75 Å². The van der Waals surface area contributed by atoms with Gasteiger partial charge in [0.25, 0.3) is 0 Å². The lowest BCUT2D eigenvalue weighted by Crippen LogP contribution is -2.39. The van der Waals surface area contributed by atoms with Crippen molar-refractivity contribution in [2.24, 2.45) is 10.9 Å². The van der Waals surface area contributed by atoms with Gasteiger partial charge in [0.2, 0.25) is 0 Å². The van der Waals surface area contributed by atoms with Crippen molar-refractivity contribution in [3.63, 3.8) is 0 Å². The maximum Gasteiger partial charge on any atom is 0.191 e. The number of hydrogen-bond acceptors (Lipinski definition) is 4. The molecule has 1 heterocycles. The first-order valence-electron chi connectivity index (χ1n) is 10.3. The first kappa shape index (κ1) is 22.4. The summed E-state index contributed by atoms with van der Waals surface area (Å²) < 4.78 is 30.2. The Labute approximate surface area is 167 Å². The van der Waals surface area contributed by atoms with E-state index >= 15 is 0 Å². The second-order valence-corrected chi connectivity index (χ2v) is 6.91. The van der Waals surface area contributed by atoms with Gasteiger partial charge >= 0.3 is 0 Å². The molecule has 1 aromatic carbocycles. The fourth-order valence-electron chi connectivity index (χ4n) is 2.86. The van der Waals surface area contributed by atoms with Crippen molar-refractivity contribution >= 4 is 5.96 Å². The SMILES string of the molecule is CCNC(=NCC(CC)Oc1cccc(F)c1)NCCCOCC1CCOC1. The number of aliphatic imine (C=N–C) groups is 1. The second-order valence-electron chi connectivity index (χ2n) is 6.91. The molecule has 158 valence electrons. The Morgan fingerprint density at radius 1 is 1.36 bits per heavy atom. The van der Waals surface area contributed by atoms with Crippen LogP contribution >= 0.6 is 0 Å². The average Bonchev–Trinajstić information content (AvgIpc) is 3.21. The lowest BCUT2D eigenvalue weighted by molar-refractivity contribution is 0.0888. The molecule has 1 aliphatic heterocycles. The molecular weight excluding hydrogens is 361 g/mol. The Kier molecular flexibility index (Phi) is 10.7. The maximum absolute atomic E-state index is 13.3. The standard InChI is InChI=1S/C21H34FN3O3/c1-3-19(28-20-8-5-7-18(22)13-20)14-25-21(23-4-2)24-10-6-11-26-15-17-9-12-27-16-17/h5,7-8,13,17,19H,3-4,6,9-12,14-16H2,1-2H3,(H2,23,24,25). The molecule has 6 nitrogen and oxygen atoms in total. The summed E-state index contributed by atoms with van der Waals surface area (Å²) >= 11 is 0. The number of hydrogen-bond donors (Lipinski definition) is 2. The van der Waals surface area contributed by atoms with Crippen LogP contribution in [0.25, 0.3) is 0 Å². The Morgan fingerprint density at radius 3 is 2.96 bits per heavy atom. The van der Waals surface area contributed by atoms with Crippen LogP contribution in [-0.4, -0.2) is 58.1 Å². The Hall–Kier alpha value is -1.86. The highest BCUT2D eigenvalue weighted by Crippen LogP contribution is 2.15. The van der Waals surface area contributed by atoms with Crippen LogP contribution in [0.3, 0.4) is 0 Å². The van der Waals surface area contributed by atoms with Gasteiger partial charge in [-0.3, -0.25) is 0 Å². The summed E-state index contributed by atoms with van der Waals surface area (Å²) in [5, 5.41) is 6.56. The predicted molar refractivity (Wildman–Crippen MR) is 109 cm³/mol. The van der Waals surface area contributed by atoms with E-state index in [1.54, 1.807) is 12.1 Å². The molecule has 2 unspecified atom stereocenters. The third-order valence-corrected chi connectivity index (χ3v) is 4.49. The lowest BCUT2D eigenvalue weighted by Gasteiger charge is -2.17. The highest BCUT2D eigenvalue weighted by atomic mass is 19.1. The van der Waals surface area contributed by atoms with Gasteiger partial charge in [-0.2, -0.15) is 0 Å². The van der Waals surface area contributed by atoms with Crippen LogP contribution in [0.15, 0.2) is 29.3 Å². The molecule has 1 aromatic rings. The van der Waals surface area contributed by atoms with E-state index < -0.39 is 0 Å². The zero-order valence-corrected chi connectivity index (χ0v) is 17.1. The number of rotatable bonds is 12. The molecule has 2 atom stereocenters. The van der Waals surface area contributed by atoms with E-state index in [1.807, 2.05) is 13.8 Å². The van der Waals surface area contributed by atoms with Gasteiger partial charge < -0.3 is 24.8 Å². The van der Waals surface area contributed by atoms with Crippen LogP contribution < -0.4 is 15.4 Å². The van der Waals surface area contributed by atoms with Crippen LogP contribution in [0.1, 0.15) is 33.1 Å². The van der Waals surface area contributed by atoms with E-state index in [1.165, 1.54) is 12.1 Å². The van der Waals surface area contributed by atoms with Crippen LogP contribution in [0.2, 0.25) is 0 Å². The molecule has 1 fully saturated rings. The highest BCUT2D eigenvalue weighted by Gasteiger charge is 2.15. The van der Waals surface area contributed by atoms with Crippen LogP contribution in [-0.2, 0) is 9.47 Å². The molecular formula is C21H34FN3O3. The summed E-state index contributed by atoms with van der Waals surface area (Å²) in [5.41, 5.74) is 0. The van der Waals surface area contributed by atoms with Crippen LogP contribution in [0.4, 0.5) is 4.39 Å². The molecule has 2 N–H and O–H groups in total. The molecule has 28 heavy (non-hydrogen) atoms. The molecule has 7 heteroatoms. The monoisotopic (exact) mass is 395 g/mol. The number of benzene rings is 1. The van der Waals surface area contributed by atoms with Crippen molar-refractivity contribution in [2.45, 2.75) is 39.2 Å². The van der Waals surface area contributed by atoms with Gasteiger partial charge in [-0.05, 0) is 38.3 Å². The molecule has 0 bridgehead atoms. The quantitative estimate of drug-likeness (QED) is 0.324. The molecule has 0 amide bonds. The number of guanidine groups is 1. The fourth-order valence-corrected chi connectivity index (χ4v) is 2.86. The first-order valence-corrected chi connectivity index (χ1v) is 10.3. The van der Waals surface area contributed by atoms with E-state index in [4.69, 9.17) is 14.2 Å². The number of halogens is 1. The third-order valence-electron chi connectivity index (χ3n) is 4.49. The first-order chi connectivity index (χ1) is 13.7. The minimum atomic E-state index is -0.298. The number of ether oxygens (including phenoxy) is 3. The second kappa shape index (κ2) is 13.3. The van der Waals surface area contributed by atoms with Gasteiger partial charge in [-0.1, -0.05) is 13.0 Å². The Bertz CT molecular complexity index is 580. The summed E-state index contributed by atoms with van der Waals surface area (Å²) in [6.07, 6.45) is 2.70. The fraction of sp³-hybridized carbons (Fsp3) is 0.667. The average molecular weight is 396 g/mol. The van der Waals surface area contributed by atoms with Gasteiger partial charge in [0.05, 0.1) is 19.8 Å². The van der Waals surface area contributed by atoms with Gasteiger partial charge in [0, 0.05) is 38.3 Å². The third kappa shape index (κ3) is 8.89. The van der Waals surface area contributed by atoms with Gasteiger partial charge in [-0.25, -0.2) is 9.38 Å². The van der Waals surface area contributed by atoms with Crippen molar-refractivity contribution in [1.29, 1.82) is 0 Å². The molecule has 1 aliphatic rings. The Balaban J connectivity index is 1.68. The van der Waals surface area contributed by atoms with Crippen molar-refractivity contribution < 1.29 is 18.6 Å². The van der Waals surface area contributed by atoms with Crippen molar-refractivity contribution in [2.75, 3.05) is 46.1 Å². The molecule has 0 saturated carbocycles. The minimum Gasteiger partial charge on any atom is -0.488 e. The van der Waals surface area contributed by atoms with E-state index in [0.29, 0.717) is 18.2 Å². The van der Waals surface area contributed by atoms with Gasteiger partial charge in [0.15, 0.2) is 5.96 Å². The number of nitrogens with one attached hydrogen (secondary N) is 2. The molecule has 0 aromatic heterocycles. The van der Waals surface area contributed by atoms with Crippen LogP contribution in [0, 0.1) is 11.7 Å². The molecule has 0 spiro atoms. The molecule has 0 aliphatic carbocycles. The summed E-state index contributed by atoms with van der Waals surface area (Å²) in [7, 11) is 0. The Morgan fingerprint density at radius 2 is 2.25 bits per heavy atom. The van der Waals surface area contributed by atoms with E-state index in [9.17, 15) is 4.39 Å². The predicted octanol–water partition coefficient (Wildman–Crippen LogP) is 2.98. The van der Waals surface area contributed by atoms with E-state index in [0.717, 1.165) is 64.7 Å². The minimum absolute atomic E-state index is 0.103. The summed E-state index contributed by atoms with van der Waals surface area (Å²) in [6.45, 7) is 9.33.